The van der Waals surface area contributed by atoms with Gasteiger partial charge in [-0.15, -0.1) is 0 Å². The summed E-state index contributed by atoms with van der Waals surface area (Å²) in [5.41, 5.74) is 1.19. The summed E-state index contributed by atoms with van der Waals surface area (Å²) in [7, 11) is 1.98. The van der Waals surface area contributed by atoms with Crippen LogP contribution in [0.1, 0.15) is 31.9 Å². The normalized spacial score (nSPS) is 20.5. The minimum absolute atomic E-state index is 0.814. The third-order valence-electron chi connectivity index (χ3n) is 3.61. The number of hydrogen-bond acceptors (Lipinski definition) is 3. The van der Waals surface area contributed by atoms with Gasteiger partial charge >= 0.3 is 0 Å². The maximum absolute atomic E-state index is 4.49. The van der Waals surface area contributed by atoms with E-state index < -0.39 is 0 Å². The van der Waals surface area contributed by atoms with Crippen molar-refractivity contribution in [2.45, 2.75) is 32.7 Å². The van der Waals surface area contributed by atoms with Crippen LogP contribution in [0.15, 0.2) is 12.3 Å². The molecule has 0 aromatic carbocycles. The lowest BCUT2D eigenvalue weighted by Crippen LogP contribution is -2.38. The fourth-order valence-electron chi connectivity index (χ4n) is 2.77. The number of nitrogens with zero attached hydrogens (tertiary/aromatic N) is 3. The molecule has 0 saturated carbocycles. The van der Waals surface area contributed by atoms with Gasteiger partial charge in [-0.05, 0) is 50.9 Å². The average molecular weight is 250 g/mol. The lowest BCUT2D eigenvalue weighted by Gasteiger charge is -2.29. The highest BCUT2D eigenvalue weighted by molar-refractivity contribution is 4.98. The molecule has 102 valence electrons. The predicted molar refractivity (Wildman–Crippen MR) is 74.4 cm³/mol. The van der Waals surface area contributed by atoms with Gasteiger partial charge in [-0.25, -0.2) is 0 Å². The molecular weight excluding hydrogens is 224 g/mol. The number of aryl methyl sites for hydroxylation is 1. The first-order valence-corrected chi connectivity index (χ1v) is 7.19. The summed E-state index contributed by atoms with van der Waals surface area (Å²) in [5, 5.41) is 7.99. The SMILES string of the molecule is CCCN(Cc1ccn(C)n1)CC1CCCNC1. The number of nitrogens with one attached hydrogen (secondary N) is 1. The van der Waals surface area contributed by atoms with Crippen molar-refractivity contribution < 1.29 is 0 Å². The van der Waals surface area contributed by atoms with E-state index in [-0.39, 0.29) is 0 Å². The van der Waals surface area contributed by atoms with Crippen molar-refractivity contribution in [2.75, 3.05) is 26.2 Å². The Hall–Kier alpha value is -0.870. The second-order valence-corrected chi connectivity index (χ2v) is 5.43. The van der Waals surface area contributed by atoms with E-state index >= 15 is 0 Å². The molecule has 1 atom stereocenters. The third kappa shape index (κ3) is 4.10. The van der Waals surface area contributed by atoms with E-state index in [9.17, 15) is 0 Å². The van der Waals surface area contributed by atoms with Gasteiger partial charge in [-0.3, -0.25) is 9.58 Å². The van der Waals surface area contributed by atoms with E-state index in [0.29, 0.717) is 0 Å². The molecule has 4 heteroatoms. The smallest absolute Gasteiger partial charge is 0.0764 e. The van der Waals surface area contributed by atoms with Crippen molar-refractivity contribution in [3.05, 3.63) is 18.0 Å². The molecule has 1 unspecified atom stereocenters. The standard InChI is InChI=1S/C14H26N4/c1-3-8-18(11-13-5-4-7-15-10-13)12-14-6-9-17(2)16-14/h6,9,13,15H,3-5,7-8,10-12H2,1-2H3. The molecule has 1 fully saturated rings. The average Bonchev–Trinajstić information content (AvgIpc) is 2.76. The van der Waals surface area contributed by atoms with E-state index in [1.165, 1.54) is 51.1 Å². The quantitative estimate of drug-likeness (QED) is 0.833. The van der Waals surface area contributed by atoms with Crippen LogP contribution in [-0.4, -0.2) is 40.9 Å². The van der Waals surface area contributed by atoms with Crippen molar-refractivity contribution >= 4 is 0 Å². The summed E-state index contributed by atoms with van der Waals surface area (Å²) in [6, 6.07) is 2.13. The molecule has 4 nitrogen and oxygen atoms in total. The third-order valence-corrected chi connectivity index (χ3v) is 3.61. The van der Waals surface area contributed by atoms with Gasteiger partial charge in [0, 0.05) is 26.3 Å². The minimum atomic E-state index is 0.814. The van der Waals surface area contributed by atoms with Crippen molar-refractivity contribution in [1.29, 1.82) is 0 Å². The van der Waals surface area contributed by atoms with Gasteiger partial charge in [0.25, 0.3) is 0 Å². The molecule has 1 N–H and O–H groups in total. The zero-order chi connectivity index (χ0) is 12.8. The maximum atomic E-state index is 4.49. The number of rotatable bonds is 6. The fraction of sp³-hybridized carbons (Fsp3) is 0.786. The molecule has 0 bridgehead atoms. The second-order valence-electron chi connectivity index (χ2n) is 5.43. The molecule has 0 aliphatic carbocycles. The molecule has 1 aliphatic heterocycles. The van der Waals surface area contributed by atoms with Crippen LogP contribution < -0.4 is 5.32 Å². The highest BCUT2D eigenvalue weighted by atomic mass is 15.3. The van der Waals surface area contributed by atoms with Crippen molar-refractivity contribution in [3.8, 4) is 0 Å². The molecular formula is C14H26N4. The molecule has 1 aliphatic rings. The highest BCUT2D eigenvalue weighted by Crippen LogP contribution is 2.13. The Morgan fingerprint density at radius 3 is 3.06 bits per heavy atom. The van der Waals surface area contributed by atoms with Gasteiger partial charge in [0.1, 0.15) is 0 Å². The molecule has 1 saturated heterocycles. The Morgan fingerprint density at radius 1 is 1.56 bits per heavy atom. The lowest BCUT2D eigenvalue weighted by atomic mass is 9.99. The molecule has 1 aromatic rings. The first-order chi connectivity index (χ1) is 8.78. The summed E-state index contributed by atoms with van der Waals surface area (Å²) >= 11 is 0. The maximum Gasteiger partial charge on any atom is 0.0764 e. The number of piperidine rings is 1. The summed E-state index contributed by atoms with van der Waals surface area (Å²) in [6.07, 6.45) is 5.94. The fourth-order valence-corrected chi connectivity index (χ4v) is 2.77. The van der Waals surface area contributed by atoms with Crippen LogP contribution in [0.2, 0.25) is 0 Å². The highest BCUT2D eigenvalue weighted by Gasteiger charge is 2.17. The van der Waals surface area contributed by atoms with Crippen LogP contribution in [0.5, 0.6) is 0 Å². The Kier molecular flexibility index (Phi) is 5.20. The van der Waals surface area contributed by atoms with E-state index in [4.69, 9.17) is 0 Å². The van der Waals surface area contributed by atoms with Gasteiger partial charge in [0.15, 0.2) is 0 Å². The van der Waals surface area contributed by atoms with Crippen LogP contribution in [0.4, 0.5) is 0 Å². The van der Waals surface area contributed by atoms with E-state index in [1.807, 2.05) is 17.9 Å². The van der Waals surface area contributed by atoms with Crippen LogP contribution >= 0.6 is 0 Å². The van der Waals surface area contributed by atoms with E-state index in [2.05, 4.69) is 28.3 Å². The molecule has 0 amide bonds. The molecule has 2 heterocycles. The van der Waals surface area contributed by atoms with Crippen LogP contribution in [0.3, 0.4) is 0 Å². The molecule has 18 heavy (non-hydrogen) atoms. The molecule has 0 radical (unpaired) electrons. The van der Waals surface area contributed by atoms with Crippen molar-refractivity contribution in [3.63, 3.8) is 0 Å². The monoisotopic (exact) mass is 250 g/mol. The zero-order valence-corrected chi connectivity index (χ0v) is 11.7. The van der Waals surface area contributed by atoms with Gasteiger partial charge < -0.3 is 5.32 Å². The Morgan fingerprint density at radius 2 is 2.44 bits per heavy atom. The minimum Gasteiger partial charge on any atom is -0.316 e. The molecule has 1 aromatic heterocycles. The summed E-state index contributed by atoms with van der Waals surface area (Å²) in [5.74, 6) is 0.814. The molecule has 2 rings (SSSR count). The van der Waals surface area contributed by atoms with Gasteiger partial charge in [0.05, 0.1) is 5.69 Å². The van der Waals surface area contributed by atoms with Gasteiger partial charge in [0.2, 0.25) is 0 Å². The lowest BCUT2D eigenvalue weighted by molar-refractivity contribution is 0.199. The van der Waals surface area contributed by atoms with Crippen LogP contribution in [0, 0.1) is 5.92 Å². The first kappa shape index (κ1) is 13.6. The molecule has 0 spiro atoms. The number of aromatic nitrogens is 2. The first-order valence-electron chi connectivity index (χ1n) is 7.19. The number of hydrogen-bond donors (Lipinski definition) is 1. The van der Waals surface area contributed by atoms with Crippen LogP contribution in [0.25, 0.3) is 0 Å². The van der Waals surface area contributed by atoms with Gasteiger partial charge in [-0.1, -0.05) is 6.92 Å². The Labute approximate surface area is 110 Å². The van der Waals surface area contributed by atoms with Crippen molar-refractivity contribution in [1.82, 2.24) is 20.0 Å². The van der Waals surface area contributed by atoms with Crippen molar-refractivity contribution in [2.24, 2.45) is 13.0 Å². The Balaban J connectivity index is 1.86. The largest absolute Gasteiger partial charge is 0.316 e. The van der Waals surface area contributed by atoms with Crippen LogP contribution in [-0.2, 0) is 13.6 Å². The second kappa shape index (κ2) is 6.90. The van der Waals surface area contributed by atoms with E-state index in [1.54, 1.807) is 0 Å². The topological polar surface area (TPSA) is 33.1 Å². The summed E-state index contributed by atoms with van der Waals surface area (Å²) in [6.45, 7) is 8.01. The zero-order valence-electron chi connectivity index (χ0n) is 11.7. The summed E-state index contributed by atoms with van der Waals surface area (Å²) < 4.78 is 1.89. The summed E-state index contributed by atoms with van der Waals surface area (Å²) in [4.78, 5) is 2.56. The van der Waals surface area contributed by atoms with Gasteiger partial charge in [-0.2, -0.15) is 5.10 Å². The predicted octanol–water partition coefficient (Wildman–Crippen LogP) is 1.63. The Bertz CT molecular complexity index is 341. The van der Waals surface area contributed by atoms with E-state index in [0.717, 1.165) is 12.5 Å².